The number of hydrogen-bond acceptors (Lipinski definition) is 3. The van der Waals surface area contributed by atoms with Crippen molar-refractivity contribution in [2.45, 2.75) is 70.2 Å². The highest BCUT2D eigenvalue weighted by Gasteiger charge is 2.63. The van der Waals surface area contributed by atoms with E-state index in [-0.39, 0.29) is 36.2 Å². The third kappa shape index (κ3) is 1.99. The summed E-state index contributed by atoms with van der Waals surface area (Å²) in [6.07, 6.45) is 4.22. The van der Waals surface area contributed by atoms with E-state index in [9.17, 15) is 11.7 Å². The Hall–Kier alpha value is -1.27. The Morgan fingerprint density at radius 1 is 1.38 bits per heavy atom. The SMILES string of the molecule is [2H]C1=C2C([2H])([2H])C[C@H]3[C@@H]4CC[C@@](O)(C#C)[C@@]4(CC)CC[C@@H]3[C@@]2([2H])CC([2H])([2H])C1=NO. The molecule has 3 heteroatoms. The highest BCUT2D eigenvalue weighted by atomic mass is 16.4. The second kappa shape index (κ2) is 5.63. The van der Waals surface area contributed by atoms with Crippen LogP contribution in [0.5, 0.6) is 0 Å². The Balaban J connectivity index is 1.87. The Labute approximate surface area is 153 Å². The average Bonchev–Trinajstić information content (AvgIpc) is 2.94. The maximum atomic E-state index is 11.2. The fourth-order valence-corrected chi connectivity index (χ4v) is 6.05. The van der Waals surface area contributed by atoms with Crippen LogP contribution in [-0.4, -0.2) is 21.6 Å². The third-order valence-electron chi connectivity index (χ3n) is 7.23. The molecule has 0 aromatic carbocycles. The number of terminal acetylenes is 1. The van der Waals surface area contributed by atoms with Crippen LogP contribution in [0, 0.1) is 41.4 Å². The monoisotopic (exact) mass is 333 g/mol. The first kappa shape index (κ1) is 10.7. The maximum Gasteiger partial charge on any atom is 0.131 e. The second-order valence-electron chi connectivity index (χ2n) is 7.68. The van der Waals surface area contributed by atoms with Gasteiger partial charge in [-0.05, 0) is 87.4 Å². The van der Waals surface area contributed by atoms with Gasteiger partial charge in [-0.2, -0.15) is 0 Å². The fraction of sp³-hybridized carbons (Fsp3) is 0.762. The van der Waals surface area contributed by atoms with E-state index in [1.807, 2.05) is 6.92 Å². The van der Waals surface area contributed by atoms with Crippen molar-refractivity contribution in [2.75, 3.05) is 0 Å². The zero-order valence-corrected chi connectivity index (χ0v) is 14.1. The molecule has 0 bridgehead atoms. The van der Waals surface area contributed by atoms with Gasteiger partial charge in [-0.25, -0.2) is 0 Å². The molecule has 2 N–H and O–H groups in total. The first-order valence-corrected chi connectivity index (χ1v) is 8.98. The number of hydrogen-bond donors (Lipinski definition) is 2. The van der Waals surface area contributed by atoms with Crippen LogP contribution in [0.2, 0.25) is 0 Å². The Kier molecular flexibility index (Phi) is 2.50. The van der Waals surface area contributed by atoms with Crippen LogP contribution in [0.4, 0.5) is 0 Å². The van der Waals surface area contributed by atoms with E-state index >= 15 is 0 Å². The summed E-state index contributed by atoms with van der Waals surface area (Å²) in [5, 5.41) is 23.5. The van der Waals surface area contributed by atoms with Crippen molar-refractivity contribution in [1.82, 2.24) is 0 Å². The molecule has 130 valence electrons. The maximum absolute atomic E-state index is 11.2. The number of nitrogens with zero attached hydrogens (tertiary/aromatic N) is 1. The van der Waals surface area contributed by atoms with Crippen LogP contribution >= 0.6 is 0 Å². The first-order valence-electron chi connectivity index (χ1n) is 12.0. The van der Waals surface area contributed by atoms with Crippen LogP contribution < -0.4 is 0 Å². The molecule has 0 aromatic heterocycles. The van der Waals surface area contributed by atoms with Crippen LogP contribution in [0.15, 0.2) is 16.8 Å². The summed E-state index contributed by atoms with van der Waals surface area (Å²) in [5.74, 6) is 0.408. The molecular formula is C21H29NO2. The van der Waals surface area contributed by atoms with Crippen LogP contribution in [0.1, 0.15) is 72.8 Å². The molecule has 3 fully saturated rings. The van der Waals surface area contributed by atoms with E-state index < -0.39 is 41.4 Å². The minimum Gasteiger partial charge on any atom is -0.411 e. The third-order valence-corrected chi connectivity index (χ3v) is 7.23. The van der Waals surface area contributed by atoms with Crippen LogP contribution in [0.3, 0.4) is 0 Å². The molecular weight excluding hydrogens is 298 g/mol. The molecule has 0 aliphatic heterocycles. The predicted octanol–water partition coefficient (Wildman–Crippen LogP) is 4.14. The molecule has 4 aliphatic rings. The van der Waals surface area contributed by atoms with Crippen molar-refractivity contribution in [2.24, 2.45) is 34.2 Å². The van der Waals surface area contributed by atoms with E-state index in [0.29, 0.717) is 32.1 Å². The van der Waals surface area contributed by atoms with Gasteiger partial charge in [-0.1, -0.05) is 23.6 Å². The van der Waals surface area contributed by atoms with Crippen LogP contribution in [0.25, 0.3) is 0 Å². The van der Waals surface area contributed by atoms with E-state index in [2.05, 4.69) is 11.1 Å². The number of rotatable bonds is 1. The van der Waals surface area contributed by atoms with E-state index in [4.69, 9.17) is 13.3 Å². The standard InChI is InChI=1S/C21H29NO2/c1-3-20-11-9-17-16-8-6-15(22-24)13-14(16)5-7-18(17)19(20)10-12-21(20,23)4-2/h2,13,16-19,23-24H,3,5-12H2,1H3/t16-,17+,18+,19-,20-,21-/m0/s1/i5D2,6D2,13D,16D. The highest BCUT2D eigenvalue weighted by molar-refractivity contribution is 5.96. The molecule has 6 atom stereocenters. The van der Waals surface area contributed by atoms with Gasteiger partial charge >= 0.3 is 0 Å². The van der Waals surface area contributed by atoms with Gasteiger partial charge < -0.3 is 10.3 Å². The summed E-state index contributed by atoms with van der Waals surface area (Å²) in [7, 11) is 0. The minimum absolute atomic E-state index is 0.0471. The Morgan fingerprint density at radius 3 is 2.92 bits per heavy atom. The van der Waals surface area contributed by atoms with Crippen molar-refractivity contribution >= 4 is 5.71 Å². The molecule has 4 aliphatic carbocycles. The second-order valence-corrected chi connectivity index (χ2v) is 7.68. The molecule has 3 nitrogen and oxygen atoms in total. The van der Waals surface area contributed by atoms with Crippen molar-refractivity contribution in [3.8, 4) is 12.3 Å². The van der Waals surface area contributed by atoms with Gasteiger partial charge in [-0.3, -0.25) is 0 Å². The molecule has 0 unspecified atom stereocenters. The summed E-state index contributed by atoms with van der Waals surface area (Å²) in [4.78, 5) is 0. The Bertz CT molecular complexity index is 879. The molecule has 0 aromatic rings. The average molecular weight is 334 g/mol. The minimum atomic E-state index is -2.19. The molecule has 0 amide bonds. The number of aliphatic hydroxyl groups is 1. The molecule has 0 heterocycles. The van der Waals surface area contributed by atoms with E-state index in [0.717, 1.165) is 0 Å². The topological polar surface area (TPSA) is 52.8 Å². The lowest BCUT2D eigenvalue weighted by Gasteiger charge is -2.56. The summed E-state index contributed by atoms with van der Waals surface area (Å²) in [6, 6.07) is -0.480. The van der Waals surface area contributed by atoms with E-state index in [1.54, 1.807) is 0 Å². The van der Waals surface area contributed by atoms with Crippen molar-refractivity contribution in [1.29, 1.82) is 0 Å². The number of allylic oxidation sites excluding steroid dienone is 2. The van der Waals surface area contributed by atoms with Crippen molar-refractivity contribution in [3.05, 3.63) is 11.6 Å². The normalized spacial score (nSPS) is 60.2. The molecule has 0 saturated heterocycles. The van der Waals surface area contributed by atoms with Crippen LogP contribution in [-0.2, 0) is 0 Å². The van der Waals surface area contributed by atoms with Gasteiger partial charge in [0.15, 0.2) is 0 Å². The zero-order chi connectivity index (χ0) is 22.3. The lowest BCUT2D eigenvalue weighted by molar-refractivity contribution is -0.0989. The summed E-state index contributed by atoms with van der Waals surface area (Å²) >= 11 is 0. The number of oxime groups is 1. The van der Waals surface area contributed by atoms with Gasteiger partial charge in [0.2, 0.25) is 0 Å². The van der Waals surface area contributed by atoms with Gasteiger partial charge in [0, 0.05) is 12.3 Å². The highest BCUT2D eigenvalue weighted by Crippen LogP contribution is 2.66. The quantitative estimate of drug-likeness (QED) is 0.430. The molecule has 3 saturated carbocycles. The first-order chi connectivity index (χ1) is 13.8. The molecule has 24 heavy (non-hydrogen) atoms. The zero-order valence-electron chi connectivity index (χ0n) is 20.1. The van der Waals surface area contributed by atoms with Crippen molar-refractivity contribution < 1.29 is 18.5 Å². The van der Waals surface area contributed by atoms with Gasteiger partial charge in [-0.15, -0.1) is 6.42 Å². The largest absolute Gasteiger partial charge is 0.411 e. The van der Waals surface area contributed by atoms with Gasteiger partial charge in [0.1, 0.15) is 5.60 Å². The predicted molar refractivity (Wildman–Crippen MR) is 94.7 cm³/mol. The smallest absolute Gasteiger partial charge is 0.131 e. The lowest BCUT2D eigenvalue weighted by atomic mass is 9.49. The summed E-state index contributed by atoms with van der Waals surface area (Å²) in [6.45, 7) is 2.01. The number of fused-ring (bicyclic) bond motifs is 5. The summed E-state index contributed by atoms with van der Waals surface area (Å²) in [5.41, 5.74) is -2.32. The summed E-state index contributed by atoms with van der Waals surface area (Å²) < 4.78 is 51.9. The molecule has 4 rings (SSSR count). The van der Waals surface area contributed by atoms with Crippen molar-refractivity contribution in [3.63, 3.8) is 0 Å². The van der Waals surface area contributed by atoms with Gasteiger partial charge in [0.05, 0.1) is 7.08 Å². The van der Waals surface area contributed by atoms with E-state index in [1.165, 1.54) is 0 Å². The fourth-order valence-electron chi connectivity index (χ4n) is 6.05. The molecule has 0 spiro atoms. The van der Waals surface area contributed by atoms with Gasteiger partial charge in [0.25, 0.3) is 0 Å². The molecule has 0 radical (unpaired) electrons. The lowest BCUT2D eigenvalue weighted by Crippen LogP contribution is -2.53. The Morgan fingerprint density at radius 2 is 2.21 bits per heavy atom.